The molecular formula is C56H36N2O. The largest absolute Gasteiger partial charge is 0.454 e. The molecule has 0 aliphatic rings. The van der Waals surface area contributed by atoms with Crippen molar-refractivity contribution in [3.63, 3.8) is 0 Å². The van der Waals surface area contributed by atoms with Gasteiger partial charge >= 0.3 is 0 Å². The fraction of sp³-hybridized carbons (Fsp3) is 0. The molecule has 0 atom stereocenters. The third-order valence-electron chi connectivity index (χ3n) is 11.9. The standard InChI is InChI=1S/C56H36N2O/c1-3-14-37(15-4-1)39-26-30-43(31-27-39)57(44-32-28-38-16-7-8-17-40(38)34-44)53-25-13-23-48-55-47-22-10-9-20-45(47)49(36-54(55)59-56(48)53)41-29-33-52-50(35-41)46-21-11-12-24-51(46)58(52)42-18-5-2-6-19-42/h1-36H. The SMILES string of the molecule is c1ccc(-c2ccc(N(c3ccc4ccccc4c3)c3cccc4c3oc3cc(-c5ccc6c(c5)c5ccccc5n6-c5ccccc5)c5ccccc5c34)cc2)cc1. The van der Waals surface area contributed by atoms with Gasteiger partial charge in [0, 0.05) is 38.6 Å². The summed E-state index contributed by atoms with van der Waals surface area (Å²) in [7, 11) is 0. The second kappa shape index (κ2) is 13.4. The van der Waals surface area contributed by atoms with Gasteiger partial charge in [0.1, 0.15) is 5.58 Å². The predicted molar refractivity (Wildman–Crippen MR) is 249 cm³/mol. The fourth-order valence-corrected chi connectivity index (χ4v) is 9.23. The van der Waals surface area contributed by atoms with Crippen LogP contribution >= 0.6 is 0 Å². The van der Waals surface area contributed by atoms with Crippen LogP contribution in [0, 0.1) is 0 Å². The van der Waals surface area contributed by atoms with Crippen molar-refractivity contribution in [2.75, 3.05) is 4.90 Å². The van der Waals surface area contributed by atoms with E-state index in [0.717, 1.165) is 55.8 Å². The van der Waals surface area contributed by atoms with Crippen LogP contribution < -0.4 is 4.90 Å². The van der Waals surface area contributed by atoms with Crippen LogP contribution in [0.4, 0.5) is 17.1 Å². The maximum atomic E-state index is 7.13. The van der Waals surface area contributed by atoms with Crippen LogP contribution in [0.2, 0.25) is 0 Å². The summed E-state index contributed by atoms with van der Waals surface area (Å²) < 4.78 is 9.50. The van der Waals surface area contributed by atoms with Crippen molar-refractivity contribution in [3.05, 3.63) is 218 Å². The maximum Gasteiger partial charge on any atom is 0.159 e. The van der Waals surface area contributed by atoms with Crippen molar-refractivity contribution >= 4 is 82.4 Å². The summed E-state index contributed by atoms with van der Waals surface area (Å²) in [5.74, 6) is 0. The first-order chi connectivity index (χ1) is 29.3. The lowest BCUT2D eigenvalue weighted by Gasteiger charge is -2.26. The molecule has 0 fully saturated rings. The summed E-state index contributed by atoms with van der Waals surface area (Å²) in [6, 6.07) is 78.5. The Hall–Kier alpha value is -7.88. The van der Waals surface area contributed by atoms with Gasteiger partial charge in [-0.2, -0.15) is 0 Å². The van der Waals surface area contributed by atoms with E-state index in [1.54, 1.807) is 0 Å². The Labute approximate surface area is 341 Å². The first-order valence-electron chi connectivity index (χ1n) is 20.2. The minimum atomic E-state index is 0.853. The predicted octanol–water partition coefficient (Wildman–Crippen LogP) is 15.8. The smallest absolute Gasteiger partial charge is 0.159 e. The van der Waals surface area contributed by atoms with Crippen LogP contribution in [-0.4, -0.2) is 4.57 Å². The van der Waals surface area contributed by atoms with Gasteiger partial charge in [-0.1, -0.05) is 152 Å². The van der Waals surface area contributed by atoms with E-state index >= 15 is 0 Å². The molecule has 0 aliphatic carbocycles. The van der Waals surface area contributed by atoms with E-state index in [1.807, 2.05) is 0 Å². The van der Waals surface area contributed by atoms with Gasteiger partial charge in [-0.15, -0.1) is 0 Å². The van der Waals surface area contributed by atoms with Gasteiger partial charge in [-0.25, -0.2) is 0 Å². The van der Waals surface area contributed by atoms with Gasteiger partial charge in [-0.3, -0.25) is 0 Å². The summed E-state index contributed by atoms with van der Waals surface area (Å²) in [5, 5.41) is 9.44. The van der Waals surface area contributed by atoms with Crippen molar-refractivity contribution in [3.8, 4) is 27.9 Å². The van der Waals surface area contributed by atoms with Crippen LogP contribution in [0.25, 0.3) is 93.2 Å². The molecule has 0 unspecified atom stereocenters. The third kappa shape index (κ3) is 5.36. The fourth-order valence-electron chi connectivity index (χ4n) is 9.23. The molecule has 10 aromatic carbocycles. The highest BCUT2D eigenvalue weighted by atomic mass is 16.3. The van der Waals surface area contributed by atoms with Crippen LogP contribution in [0.3, 0.4) is 0 Å². The zero-order chi connectivity index (χ0) is 38.9. The molecule has 0 spiro atoms. The number of hydrogen-bond acceptors (Lipinski definition) is 2. The Kier molecular flexibility index (Phi) is 7.54. The van der Waals surface area contributed by atoms with Gasteiger partial charge in [0.15, 0.2) is 5.58 Å². The zero-order valence-electron chi connectivity index (χ0n) is 32.1. The molecule has 0 saturated carbocycles. The van der Waals surface area contributed by atoms with E-state index in [4.69, 9.17) is 4.42 Å². The van der Waals surface area contributed by atoms with E-state index in [0.29, 0.717) is 0 Å². The van der Waals surface area contributed by atoms with E-state index in [9.17, 15) is 0 Å². The van der Waals surface area contributed by atoms with Crippen LogP contribution in [0.15, 0.2) is 223 Å². The molecule has 2 aromatic heterocycles. The van der Waals surface area contributed by atoms with E-state index in [-0.39, 0.29) is 0 Å². The lowest BCUT2D eigenvalue weighted by atomic mass is 9.94. The summed E-state index contributed by atoms with van der Waals surface area (Å²) in [6.07, 6.45) is 0. The number of fused-ring (bicyclic) bond motifs is 9. The van der Waals surface area contributed by atoms with Crippen molar-refractivity contribution < 1.29 is 4.42 Å². The number of hydrogen-bond donors (Lipinski definition) is 0. The second-order valence-corrected chi connectivity index (χ2v) is 15.3. The molecule has 0 N–H and O–H groups in total. The molecule has 0 saturated heterocycles. The molecule has 2 heterocycles. The maximum absolute atomic E-state index is 7.13. The highest BCUT2D eigenvalue weighted by Crippen LogP contribution is 2.47. The topological polar surface area (TPSA) is 21.3 Å². The van der Waals surface area contributed by atoms with E-state index < -0.39 is 0 Å². The molecule has 0 radical (unpaired) electrons. The molecule has 0 bridgehead atoms. The first-order valence-corrected chi connectivity index (χ1v) is 20.2. The number of para-hydroxylation sites is 3. The minimum absolute atomic E-state index is 0.853. The Morgan fingerprint density at radius 3 is 1.83 bits per heavy atom. The Balaban J connectivity index is 1.07. The first kappa shape index (κ1) is 33.3. The summed E-state index contributed by atoms with van der Waals surface area (Å²) >= 11 is 0. The molecule has 12 rings (SSSR count). The average Bonchev–Trinajstić information content (AvgIpc) is 3.86. The molecule has 3 heteroatoms. The van der Waals surface area contributed by atoms with Gasteiger partial charge in [0.2, 0.25) is 0 Å². The number of rotatable bonds is 6. The molecule has 0 aliphatic heterocycles. The van der Waals surface area contributed by atoms with Gasteiger partial charge in [-0.05, 0) is 111 Å². The van der Waals surface area contributed by atoms with E-state index in [1.165, 1.54) is 54.5 Å². The number of aromatic nitrogens is 1. The number of anilines is 3. The average molecular weight is 753 g/mol. The van der Waals surface area contributed by atoms with Crippen molar-refractivity contribution in [2.45, 2.75) is 0 Å². The molecule has 3 nitrogen and oxygen atoms in total. The lowest BCUT2D eigenvalue weighted by Crippen LogP contribution is -2.10. The molecule has 0 amide bonds. The normalized spacial score (nSPS) is 11.7. The van der Waals surface area contributed by atoms with Crippen molar-refractivity contribution in [1.82, 2.24) is 4.57 Å². The number of benzene rings is 10. The lowest BCUT2D eigenvalue weighted by molar-refractivity contribution is 0.669. The van der Waals surface area contributed by atoms with Crippen molar-refractivity contribution in [2.24, 2.45) is 0 Å². The monoisotopic (exact) mass is 752 g/mol. The molecule has 12 aromatic rings. The highest BCUT2D eigenvalue weighted by molar-refractivity contribution is 6.24. The van der Waals surface area contributed by atoms with Crippen LogP contribution in [-0.2, 0) is 0 Å². The summed E-state index contributed by atoms with van der Waals surface area (Å²) in [4.78, 5) is 2.34. The van der Waals surface area contributed by atoms with Crippen LogP contribution in [0.5, 0.6) is 0 Å². The Morgan fingerprint density at radius 1 is 0.373 bits per heavy atom. The van der Waals surface area contributed by atoms with Gasteiger partial charge in [0.05, 0.1) is 16.7 Å². The van der Waals surface area contributed by atoms with Crippen LogP contribution in [0.1, 0.15) is 0 Å². The minimum Gasteiger partial charge on any atom is -0.454 e. The summed E-state index contributed by atoms with van der Waals surface area (Å²) in [5.41, 5.74) is 13.0. The molecular weight excluding hydrogens is 717 g/mol. The zero-order valence-corrected chi connectivity index (χ0v) is 32.1. The quantitative estimate of drug-likeness (QED) is 0.169. The van der Waals surface area contributed by atoms with Gasteiger partial charge < -0.3 is 13.9 Å². The number of furan rings is 1. The van der Waals surface area contributed by atoms with Gasteiger partial charge in [0.25, 0.3) is 0 Å². The molecule has 59 heavy (non-hydrogen) atoms. The highest BCUT2D eigenvalue weighted by Gasteiger charge is 2.22. The van der Waals surface area contributed by atoms with E-state index in [2.05, 4.69) is 228 Å². The number of nitrogens with zero attached hydrogens (tertiary/aromatic N) is 2. The summed E-state index contributed by atoms with van der Waals surface area (Å²) in [6.45, 7) is 0. The second-order valence-electron chi connectivity index (χ2n) is 15.3. The van der Waals surface area contributed by atoms with Crippen molar-refractivity contribution in [1.29, 1.82) is 0 Å². The molecule has 276 valence electrons. The third-order valence-corrected chi connectivity index (χ3v) is 11.9. The Bertz CT molecular complexity index is 3540. The Morgan fingerprint density at radius 2 is 1.00 bits per heavy atom.